The van der Waals surface area contributed by atoms with Gasteiger partial charge in [-0.25, -0.2) is 0 Å². The van der Waals surface area contributed by atoms with Crippen LogP contribution in [0.15, 0.2) is 48.5 Å². The van der Waals surface area contributed by atoms with E-state index in [4.69, 9.17) is 0 Å². The van der Waals surface area contributed by atoms with Gasteiger partial charge in [0.05, 0.1) is 11.4 Å². The van der Waals surface area contributed by atoms with Crippen LogP contribution < -0.4 is 10.2 Å². The summed E-state index contributed by atoms with van der Waals surface area (Å²) < 4.78 is 0. The second-order valence-corrected chi connectivity index (χ2v) is 7.80. The summed E-state index contributed by atoms with van der Waals surface area (Å²) in [5, 5.41) is 15.4. The maximum Gasteiger partial charge on any atom is 0.250 e. The van der Waals surface area contributed by atoms with Crippen molar-refractivity contribution in [3.05, 3.63) is 54.1 Å². The van der Waals surface area contributed by atoms with Crippen molar-refractivity contribution >= 4 is 23.2 Å². The molecule has 1 aromatic heterocycles. The molecule has 1 aliphatic heterocycles. The van der Waals surface area contributed by atoms with E-state index in [9.17, 15) is 9.59 Å². The molecule has 0 radical (unpaired) electrons. The van der Waals surface area contributed by atoms with Crippen LogP contribution in [0.5, 0.6) is 0 Å². The molecule has 0 unspecified atom stereocenters. The zero-order chi connectivity index (χ0) is 21.3. The number of para-hydroxylation sites is 2. The lowest BCUT2D eigenvalue weighted by Crippen LogP contribution is -2.41. The molecule has 0 fully saturated rings. The number of carbonyl (C=O) groups excluding carboxylic acids is 2. The van der Waals surface area contributed by atoms with Gasteiger partial charge in [-0.15, -0.1) is 10.2 Å². The summed E-state index contributed by atoms with van der Waals surface area (Å²) in [6.45, 7) is 6.07. The molecule has 8 nitrogen and oxygen atoms in total. The minimum atomic E-state index is -0.285. The van der Waals surface area contributed by atoms with E-state index in [1.807, 2.05) is 49.4 Å². The van der Waals surface area contributed by atoms with Crippen molar-refractivity contribution in [3.63, 3.8) is 0 Å². The Morgan fingerprint density at radius 1 is 1.17 bits per heavy atom. The first-order valence-electron chi connectivity index (χ1n) is 10.0. The number of tetrazole rings is 1. The van der Waals surface area contributed by atoms with Gasteiger partial charge >= 0.3 is 0 Å². The van der Waals surface area contributed by atoms with Crippen molar-refractivity contribution in [2.24, 2.45) is 0 Å². The van der Waals surface area contributed by atoms with E-state index in [1.54, 1.807) is 11.0 Å². The Morgan fingerprint density at radius 2 is 1.90 bits per heavy atom. The Kier molecular flexibility index (Phi) is 5.31. The minimum absolute atomic E-state index is 0.0655. The molecule has 8 heteroatoms. The Bertz CT molecular complexity index is 1070. The zero-order valence-corrected chi connectivity index (χ0v) is 17.2. The van der Waals surface area contributed by atoms with Crippen molar-refractivity contribution in [1.29, 1.82) is 0 Å². The highest BCUT2D eigenvalue weighted by molar-refractivity contribution is 6.04. The molecule has 1 aliphatic rings. The van der Waals surface area contributed by atoms with Crippen molar-refractivity contribution in [2.75, 3.05) is 10.2 Å². The molecule has 2 amide bonds. The number of hydrogen-bond acceptors (Lipinski definition) is 5. The number of hydrogen-bond donors (Lipinski definition) is 1. The number of anilines is 2. The van der Waals surface area contributed by atoms with E-state index in [0.29, 0.717) is 23.1 Å². The molecular weight excluding hydrogens is 380 g/mol. The van der Waals surface area contributed by atoms with Crippen LogP contribution in [0.1, 0.15) is 38.7 Å². The van der Waals surface area contributed by atoms with E-state index >= 15 is 0 Å². The van der Waals surface area contributed by atoms with Crippen LogP contribution in [0.2, 0.25) is 0 Å². The quantitative estimate of drug-likeness (QED) is 0.721. The summed E-state index contributed by atoms with van der Waals surface area (Å²) in [6, 6.07) is 15.0. The van der Waals surface area contributed by atoms with Gasteiger partial charge in [-0.1, -0.05) is 50.2 Å². The highest BCUT2D eigenvalue weighted by Crippen LogP contribution is 2.31. The SMILES string of the molecule is CC(C)c1ccc(-c2nnn(CC(=O)N3c4ccccc4NC(=O)C[C@@H]3C)n2)cc1. The molecule has 154 valence electrons. The first-order valence-corrected chi connectivity index (χ1v) is 10.0. The average molecular weight is 404 g/mol. The molecule has 1 N–H and O–H groups in total. The number of nitrogens with one attached hydrogen (secondary N) is 1. The Labute approximate surface area is 174 Å². The zero-order valence-electron chi connectivity index (χ0n) is 17.2. The summed E-state index contributed by atoms with van der Waals surface area (Å²) in [4.78, 5) is 28.2. The lowest BCUT2D eigenvalue weighted by Gasteiger charge is -2.27. The number of carbonyl (C=O) groups is 2. The monoisotopic (exact) mass is 404 g/mol. The third-order valence-electron chi connectivity index (χ3n) is 5.19. The number of fused-ring (bicyclic) bond motifs is 1. The first kappa shape index (κ1) is 19.8. The number of amides is 2. The van der Waals surface area contributed by atoms with Crippen LogP contribution in [0.4, 0.5) is 11.4 Å². The van der Waals surface area contributed by atoms with Gasteiger partial charge in [-0.05, 0) is 35.8 Å². The van der Waals surface area contributed by atoms with Gasteiger partial charge in [0.2, 0.25) is 11.7 Å². The van der Waals surface area contributed by atoms with Crippen molar-refractivity contribution in [2.45, 2.75) is 45.7 Å². The van der Waals surface area contributed by atoms with Crippen LogP contribution in [0.3, 0.4) is 0 Å². The van der Waals surface area contributed by atoms with Crippen LogP contribution in [0.25, 0.3) is 11.4 Å². The third kappa shape index (κ3) is 3.94. The lowest BCUT2D eigenvalue weighted by molar-refractivity contribution is -0.120. The number of benzene rings is 2. The topological polar surface area (TPSA) is 93.0 Å². The molecular formula is C22H24N6O2. The van der Waals surface area contributed by atoms with Crippen molar-refractivity contribution in [3.8, 4) is 11.4 Å². The number of nitrogens with zero attached hydrogens (tertiary/aromatic N) is 5. The smallest absolute Gasteiger partial charge is 0.250 e. The molecule has 2 aromatic carbocycles. The normalized spacial score (nSPS) is 16.2. The van der Waals surface area contributed by atoms with E-state index in [-0.39, 0.29) is 30.8 Å². The van der Waals surface area contributed by atoms with Crippen LogP contribution in [-0.4, -0.2) is 38.1 Å². The molecule has 2 heterocycles. The fourth-order valence-corrected chi connectivity index (χ4v) is 3.61. The molecule has 0 aliphatic carbocycles. The van der Waals surface area contributed by atoms with Gasteiger partial charge in [0, 0.05) is 18.0 Å². The molecule has 0 bridgehead atoms. The summed E-state index contributed by atoms with van der Waals surface area (Å²) >= 11 is 0. The van der Waals surface area contributed by atoms with Gasteiger partial charge in [0.1, 0.15) is 6.54 Å². The molecule has 0 saturated heterocycles. The summed E-state index contributed by atoms with van der Waals surface area (Å²) in [7, 11) is 0. The Hall–Kier alpha value is -3.55. The van der Waals surface area contributed by atoms with E-state index < -0.39 is 0 Å². The highest BCUT2D eigenvalue weighted by Gasteiger charge is 2.30. The van der Waals surface area contributed by atoms with E-state index in [2.05, 4.69) is 34.6 Å². The number of aromatic nitrogens is 4. The van der Waals surface area contributed by atoms with Gasteiger partial charge < -0.3 is 10.2 Å². The molecule has 3 aromatic rings. The number of rotatable bonds is 4. The van der Waals surface area contributed by atoms with Gasteiger partial charge in [-0.3, -0.25) is 9.59 Å². The molecule has 0 spiro atoms. The molecule has 30 heavy (non-hydrogen) atoms. The van der Waals surface area contributed by atoms with Gasteiger partial charge in [-0.2, -0.15) is 4.80 Å². The summed E-state index contributed by atoms with van der Waals surface area (Å²) in [5.41, 5.74) is 3.38. The minimum Gasteiger partial charge on any atom is -0.324 e. The molecule has 4 rings (SSSR count). The lowest BCUT2D eigenvalue weighted by atomic mass is 10.0. The summed E-state index contributed by atoms with van der Waals surface area (Å²) in [6.07, 6.45) is 0.221. The fraction of sp³-hybridized carbons (Fsp3) is 0.318. The predicted octanol–water partition coefficient (Wildman–Crippen LogP) is 3.23. The maximum absolute atomic E-state index is 13.1. The van der Waals surface area contributed by atoms with Gasteiger partial charge in [0.15, 0.2) is 0 Å². The van der Waals surface area contributed by atoms with Gasteiger partial charge in [0.25, 0.3) is 5.91 Å². The Morgan fingerprint density at radius 3 is 2.63 bits per heavy atom. The average Bonchev–Trinajstić information content (AvgIpc) is 3.12. The maximum atomic E-state index is 13.1. The Balaban J connectivity index is 1.55. The third-order valence-corrected chi connectivity index (χ3v) is 5.19. The van der Waals surface area contributed by atoms with E-state index in [0.717, 1.165) is 5.56 Å². The van der Waals surface area contributed by atoms with Crippen LogP contribution >= 0.6 is 0 Å². The molecule has 1 atom stereocenters. The second kappa shape index (κ2) is 8.06. The van der Waals surface area contributed by atoms with E-state index in [1.165, 1.54) is 10.4 Å². The predicted molar refractivity (Wildman–Crippen MR) is 114 cm³/mol. The summed E-state index contributed by atoms with van der Waals surface area (Å²) in [5.74, 6) is 0.598. The molecule has 0 saturated carbocycles. The fourth-order valence-electron chi connectivity index (χ4n) is 3.61. The standard InChI is InChI=1S/C22H24N6O2/c1-14(2)16-8-10-17(11-9-16)22-24-26-27(25-22)13-21(30)28-15(3)12-20(29)23-18-6-4-5-7-19(18)28/h4-11,14-15H,12-13H2,1-3H3,(H,23,29)/t15-/m0/s1. The van der Waals surface area contributed by atoms with Crippen LogP contribution in [-0.2, 0) is 16.1 Å². The van der Waals surface area contributed by atoms with Crippen molar-refractivity contribution < 1.29 is 9.59 Å². The van der Waals surface area contributed by atoms with Crippen molar-refractivity contribution in [1.82, 2.24) is 20.2 Å². The largest absolute Gasteiger partial charge is 0.324 e. The highest BCUT2D eigenvalue weighted by atomic mass is 16.2. The second-order valence-electron chi connectivity index (χ2n) is 7.80. The first-order chi connectivity index (χ1) is 14.4. The van der Waals surface area contributed by atoms with Crippen LogP contribution in [0, 0.1) is 0 Å².